The first-order chi connectivity index (χ1) is 10.1. The maximum atomic E-state index is 12.2. The molecule has 4 N–H and O–H groups in total. The molecule has 2 heterocycles. The first-order valence-corrected chi connectivity index (χ1v) is 8.10. The highest BCUT2D eigenvalue weighted by molar-refractivity contribution is 7.12. The van der Waals surface area contributed by atoms with Crippen molar-refractivity contribution in [2.45, 2.75) is 45.6 Å². The van der Waals surface area contributed by atoms with Crippen LogP contribution in [-0.2, 0) is 19.4 Å². The highest BCUT2D eigenvalue weighted by Crippen LogP contribution is 2.30. The zero-order valence-corrected chi connectivity index (χ0v) is 13.1. The van der Waals surface area contributed by atoms with E-state index in [1.54, 1.807) is 11.3 Å². The number of thiophene rings is 1. The average molecular weight is 304 g/mol. The number of carbonyl (C=O) groups excluding carboxylic acids is 1. The van der Waals surface area contributed by atoms with Crippen molar-refractivity contribution in [1.29, 1.82) is 0 Å². The Morgan fingerprint density at radius 3 is 3.00 bits per heavy atom. The number of H-pyrrole nitrogens is 1. The molecule has 0 fully saturated rings. The Kier molecular flexibility index (Phi) is 3.71. The molecule has 2 aromatic rings. The third-order valence-corrected chi connectivity index (χ3v) is 5.08. The molecule has 21 heavy (non-hydrogen) atoms. The van der Waals surface area contributed by atoms with Crippen molar-refractivity contribution in [1.82, 2.24) is 15.5 Å². The van der Waals surface area contributed by atoms with Gasteiger partial charge in [0.15, 0.2) is 5.69 Å². The quantitative estimate of drug-likeness (QED) is 0.811. The van der Waals surface area contributed by atoms with Gasteiger partial charge in [-0.25, -0.2) is 0 Å². The Morgan fingerprint density at radius 2 is 2.33 bits per heavy atom. The molecule has 0 unspecified atom stereocenters. The number of nitrogens with two attached hydrogens (primary N) is 1. The number of nitrogen functional groups attached to an aromatic ring is 1. The molecule has 0 bridgehead atoms. The van der Waals surface area contributed by atoms with Gasteiger partial charge in [0.1, 0.15) is 0 Å². The molecule has 1 amide bonds. The largest absolute Gasteiger partial charge is 0.395 e. The van der Waals surface area contributed by atoms with E-state index in [-0.39, 0.29) is 11.8 Å². The van der Waals surface area contributed by atoms with E-state index in [0.29, 0.717) is 17.9 Å². The maximum absolute atomic E-state index is 12.2. The minimum absolute atomic E-state index is 0.218. The van der Waals surface area contributed by atoms with Crippen LogP contribution in [0, 0.1) is 0 Å². The Hall–Kier alpha value is -1.82. The lowest BCUT2D eigenvalue weighted by Gasteiger charge is -2.04. The van der Waals surface area contributed by atoms with Crippen LogP contribution in [0.15, 0.2) is 6.07 Å². The number of rotatable bonds is 4. The summed E-state index contributed by atoms with van der Waals surface area (Å²) in [5.74, 6) is 0.00327. The summed E-state index contributed by atoms with van der Waals surface area (Å²) in [6.07, 6.45) is 3.61. The second-order valence-electron chi connectivity index (χ2n) is 5.75. The molecule has 0 saturated carbocycles. The zero-order valence-electron chi connectivity index (χ0n) is 12.3. The van der Waals surface area contributed by atoms with E-state index in [9.17, 15) is 4.79 Å². The van der Waals surface area contributed by atoms with Crippen LogP contribution in [0.25, 0.3) is 0 Å². The number of hydrogen-bond donors (Lipinski definition) is 3. The molecule has 3 rings (SSSR count). The Balaban J connectivity index is 1.66. The van der Waals surface area contributed by atoms with Crippen molar-refractivity contribution in [2.24, 2.45) is 0 Å². The molecule has 2 aromatic heterocycles. The van der Waals surface area contributed by atoms with Gasteiger partial charge < -0.3 is 11.1 Å². The van der Waals surface area contributed by atoms with E-state index in [4.69, 9.17) is 5.73 Å². The fraction of sp³-hybridized carbons (Fsp3) is 0.467. The standard InChI is InChI=1S/C15H20N4OS/c1-8(2)13-12(16)14(19-18-13)15(20)17-7-10-6-9-4-3-5-11(9)21-10/h6,8H,3-5,7,16H2,1-2H3,(H,17,20)(H,18,19). The van der Waals surface area contributed by atoms with E-state index in [2.05, 4.69) is 21.6 Å². The minimum Gasteiger partial charge on any atom is -0.395 e. The van der Waals surface area contributed by atoms with Gasteiger partial charge in [0.05, 0.1) is 17.9 Å². The summed E-state index contributed by atoms with van der Waals surface area (Å²) in [6, 6.07) is 2.21. The van der Waals surface area contributed by atoms with Gasteiger partial charge in [-0.2, -0.15) is 5.10 Å². The normalized spacial score (nSPS) is 13.7. The molecule has 0 atom stereocenters. The van der Waals surface area contributed by atoms with Gasteiger partial charge in [-0.3, -0.25) is 9.89 Å². The molecule has 6 heteroatoms. The van der Waals surface area contributed by atoms with Gasteiger partial charge in [0, 0.05) is 9.75 Å². The van der Waals surface area contributed by atoms with Gasteiger partial charge in [-0.1, -0.05) is 13.8 Å². The van der Waals surface area contributed by atoms with E-state index in [1.807, 2.05) is 13.8 Å². The predicted molar refractivity (Wildman–Crippen MR) is 84.6 cm³/mol. The lowest BCUT2D eigenvalue weighted by atomic mass is 10.1. The fourth-order valence-corrected chi connectivity index (χ4v) is 3.91. The topological polar surface area (TPSA) is 83.8 Å². The van der Waals surface area contributed by atoms with Crippen molar-refractivity contribution in [3.8, 4) is 0 Å². The summed E-state index contributed by atoms with van der Waals surface area (Å²) in [4.78, 5) is 14.9. The second kappa shape index (κ2) is 5.52. The van der Waals surface area contributed by atoms with Crippen LogP contribution in [0.1, 0.15) is 57.7 Å². The zero-order chi connectivity index (χ0) is 15.0. The van der Waals surface area contributed by atoms with Crippen LogP contribution in [0.4, 0.5) is 5.69 Å². The molecule has 5 nitrogen and oxygen atoms in total. The van der Waals surface area contributed by atoms with Crippen LogP contribution >= 0.6 is 11.3 Å². The highest BCUT2D eigenvalue weighted by Gasteiger charge is 2.19. The molecule has 0 radical (unpaired) electrons. The van der Waals surface area contributed by atoms with Crippen molar-refractivity contribution in [3.05, 3.63) is 32.8 Å². The van der Waals surface area contributed by atoms with Gasteiger partial charge in [-0.15, -0.1) is 11.3 Å². The van der Waals surface area contributed by atoms with Crippen LogP contribution in [0.3, 0.4) is 0 Å². The van der Waals surface area contributed by atoms with E-state index in [1.165, 1.54) is 34.6 Å². The summed E-state index contributed by atoms with van der Waals surface area (Å²) < 4.78 is 0. The van der Waals surface area contributed by atoms with Crippen LogP contribution in [-0.4, -0.2) is 16.1 Å². The van der Waals surface area contributed by atoms with Crippen molar-refractivity contribution in [3.63, 3.8) is 0 Å². The number of aromatic nitrogens is 2. The lowest BCUT2D eigenvalue weighted by molar-refractivity contribution is 0.0947. The third-order valence-electron chi connectivity index (χ3n) is 3.85. The third kappa shape index (κ3) is 2.68. The van der Waals surface area contributed by atoms with Crippen molar-refractivity contribution in [2.75, 3.05) is 5.73 Å². The molecule has 0 aromatic carbocycles. The van der Waals surface area contributed by atoms with Gasteiger partial charge >= 0.3 is 0 Å². The maximum Gasteiger partial charge on any atom is 0.274 e. The Labute approximate surface area is 127 Å². The molecule has 0 saturated heterocycles. The highest BCUT2D eigenvalue weighted by atomic mass is 32.1. The summed E-state index contributed by atoms with van der Waals surface area (Å²) >= 11 is 1.80. The van der Waals surface area contributed by atoms with E-state index in [0.717, 1.165) is 5.69 Å². The predicted octanol–water partition coefficient (Wildman–Crippen LogP) is 2.60. The molecule has 0 spiro atoms. The van der Waals surface area contributed by atoms with Crippen molar-refractivity contribution >= 4 is 22.9 Å². The van der Waals surface area contributed by atoms with E-state index < -0.39 is 0 Å². The van der Waals surface area contributed by atoms with Gasteiger partial charge in [0.25, 0.3) is 5.91 Å². The summed E-state index contributed by atoms with van der Waals surface area (Å²) in [7, 11) is 0. The summed E-state index contributed by atoms with van der Waals surface area (Å²) in [5, 5.41) is 9.80. The lowest BCUT2D eigenvalue weighted by Crippen LogP contribution is -2.23. The molecular weight excluding hydrogens is 284 g/mol. The molecule has 112 valence electrons. The minimum atomic E-state index is -0.218. The van der Waals surface area contributed by atoms with Crippen molar-refractivity contribution < 1.29 is 4.79 Å². The number of carbonyl (C=O) groups is 1. The van der Waals surface area contributed by atoms with Gasteiger partial charge in [0.2, 0.25) is 0 Å². The number of aromatic amines is 1. The van der Waals surface area contributed by atoms with Gasteiger partial charge in [-0.05, 0) is 36.8 Å². The fourth-order valence-electron chi connectivity index (χ4n) is 2.71. The SMILES string of the molecule is CC(C)c1[nH]nc(C(=O)NCc2cc3c(s2)CCC3)c1N. The van der Waals surface area contributed by atoms with Crippen LogP contribution in [0.2, 0.25) is 0 Å². The van der Waals surface area contributed by atoms with Crippen LogP contribution in [0.5, 0.6) is 0 Å². The average Bonchev–Trinajstić information content (AvgIpc) is 3.09. The first kappa shape index (κ1) is 14.1. The molecule has 1 aliphatic rings. The number of hydrogen-bond acceptors (Lipinski definition) is 4. The number of anilines is 1. The molecular formula is C15H20N4OS. The number of nitrogens with one attached hydrogen (secondary N) is 2. The smallest absolute Gasteiger partial charge is 0.274 e. The first-order valence-electron chi connectivity index (χ1n) is 7.28. The Morgan fingerprint density at radius 1 is 1.52 bits per heavy atom. The monoisotopic (exact) mass is 304 g/mol. The van der Waals surface area contributed by atoms with Crippen LogP contribution < -0.4 is 11.1 Å². The second-order valence-corrected chi connectivity index (χ2v) is 6.97. The number of nitrogens with zero attached hydrogens (tertiary/aromatic N) is 1. The Bertz CT molecular complexity index is 650. The molecule has 1 aliphatic carbocycles. The number of fused-ring (bicyclic) bond motifs is 1. The summed E-state index contributed by atoms with van der Waals surface area (Å²) in [5.41, 5.74) is 8.99. The van der Waals surface area contributed by atoms with E-state index >= 15 is 0 Å². The molecule has 0 aliphatic heterocycles. The number of aryl methyl sites for hydroxylation is 2. The number of amides is 1. The summed E-state index contributed by atoms with van der Waals surface area (Å²) in [6.45, 7) is 4.57.